The van der Waals surface area contributed by atoms with Gasteiger partial charge >= 0.3 is 35.5 Å². The molecule has 0 N–H and O–H groups in total. The maximum atomic E-state index is 13.2. The number of fused-ring (bicyclic) bond motifs is 5. The normalized spacial score (nSPS) is 21.0. The van der Waals surface area contributed by atoms with Crippen LogP contribution in [0.3, 0.4) is 0 Å². The number of furan rings is 1. The number of esters is 5. The Bertz CT molecular complexity index is 1950. The molecule has 0 bridgehead atoms. The average Bonchev–Trinajstić information content (AvgIpc) is 3.33. The lowest BCUT2D eigenvalue weighted by atomic mass is 9.99. The van der Waals surface area contributed by atoms with Gasteiger partial charge in [-0.2, -0.15) is 0 Å². The SMILES string of the molecule is CC(=O)Oc1ccc2c(oc(=O)c3c4ccc(OC5OC(C)C(OC(C)=O)C(OC(C)=O)C5OC(C)=O)cc4oc23)c1OC(C)=O. The zero-order valence-corrected chi connectivity index (χ0v) is 25.4. The Labute approximate surface area is 259 Å². The molecule has 2 aromatic carbocycles. The summed E-state index contributed by atoms with van der Waals surface area (Å²) in [6.07, 6.45) is -5.94. The summed E-state index contributed by atoms with van der Waals surface area (Å²) < 4.78 is 50.1. The highest BCUT2D eigenvalue weighted by molar-refractivity contribution is 6.14. The van der Waals surface area contributed by atoms with Crippen LogP contribution < -0.4 is 19.8 Å². The lowest BCUT2D eigenvalue weighted by molar-refractivity contribution is -0.280. The van der Waals surface area contributed by atoms with Crippen LogP contribution in [0.4, 0.5) is 0 Å². The number of hydrogen-bond acceptors (Lipinski definition) is 15. The van der Waals surface area contributed by atoms with E-state index < -0.39 is 66.2 Å². The van der Waals surface area contributed by atoms with Gasteiger partial charge in [-0.15, -0.1) is 0 Å². The van der Waals surface area contributed by atoms with E-state index in [0.29, 0.717) is 5.39 Å². The Morgan fingerprint density at radius 3 is 1.91 bits per heavy atom. The molecule has 5 atom stereocenters. The molecule has 15 nitrogen and oxygen atoms in total. The fourth-order valence-electron chi connectivity index (χ4n) is 5.19. The van der Waals surface area contributed by atoms with Gasteiger partial charge in [0.1, 0.15) is 16.7 Å². The average molecular weight is 641 g/mol. The standard InChI is InChI=1S/C31H28O15/c1-12-24(40-14(3)33)28(42-16(5)35)29(43-17(6)36)31(38-12)44-18-7-8-19-22(11-18)45-25-20-9-10-21(39-13(2)32)27(41-15(4)34)26(20)46-30(37)23(19)25/h7-12,24,28-29,31H,1-6H3. The number of ether oxygens (including phenoxy) is 7. The van der Waals surface area contributed by atoms with Crippen LogP contribution in [-0.2, 0) is 42.9 Å². The molecule has 0 amide bonds. The Kier molecular flexibility index (Phi) is 8.70. The molecule has 2 aromatic heterocycles. The van der Waals surface area contributed by atoms with Gasteiger partial charge < -0.3 is 42.0 Å². The molecule has 1 aliphatic rings. The third kappa shape index (κ3) is 6.35. The van der Waals surface area contributed by atoms with Crippen molar-refractivity contribution >= 4 is 62.8 Å². The van der Waals surface area contributed by atoms with E-state index in [0.717, 1.165) is 27.7 Å². The lowest BCUT2D eigenvalue weighted by Gasteiger charge is -2.43. The summed E-state index contributed by atoms with van der Waals surface area (Å²) >= 11 is 0. The van der Waals surface area contributed by atoms with E-state index in [1.54, 1.807) is 6.92 Å². The lowest BCUT2D eigenvalue weighted by Crippen LogP contribution is -2.62. The number of hydrogen-bond donors (Lipinski definition) is 0. The molecular weight excluding hydrogens is 612 g/mol. The molecule has 0 spiro atoms. The Morgan fingerprint density at radius 2 is 1.28 bits per heavy atom. The van der Waals surface area contributed by atoms with E-state index >= 15 is 0 Å². The molecule has 1 aliphatic heterocycles. The van der Waals surface area contributed by atoms with Gasteiger partial charge in [0, 0.05) is 46.1 Å². The summed E-state index contributed by atoms with van der Waals surface area (Å²) in [5.41, 5.74) is -0.758. The second kappa shape index (κ2) is 12.5. The van der Waals surface area contributed by atoms with E-state index in [1.807, 2.05) is 0 Å². The molecule has 5 rings (SSSR count). The van der Waals surface area contributed by atoms with E-state index in [-0.39, 0.29) is 44.8 Å². The fraction of sp³-hybridized carbons (Fsp3) is 0.355. The van der Waals surface area contributed by atoms with Crippen molar-refractivity contribution in [3.05, 3.63) is 40.8 Å². The van der Waals surface area contributed by atoms with Crippen LogP contribution in [0.15, 0.2) is 44.0 Å². The minimum atomic E-state index is -1.35. The van der Waals surface area contributed by atoms with E-state index in [2.05, 4.69) is 0 Å². The maximum absolute atomic E-state index is 13.2. The summed E-state index contributed by atoms with van der Waals surface area (Å²) in [6, 6.07) is 7.30. The molecule has 0 aliphatic carbocycles. The predicted molar refractivity (Wildman–Crippen MR) is 154 cm³/mol. The molecule has 1 saturated heterocycles. The minimum absolute atomic E-state index is 0.0718. The Balaban J connectivity index is 1.57. The highest BCUT2D eigenvalue weighted by Gasteiger charge is 2.51. The third-order valence-corrected chi connectivity index (χ3v) is 6.77. The first-order valence-corrected chi connectivity index (χ1v) is 13.9. The van der Waals surface area contributed by atoms with Crippen LogP contribution in [0.25, 0.3) is 32.9 Å². The molecule has 46 heavy (non-hydrogen) atoms. The second-order valence-electron chi connectivity index (χ2n) is 10.4. The largest absolute Gasteiger partial charge is 0.461 e. The van der Waals surface area contributed by atoms with Crippen LogP contribution in [0, 0.1) is 0 Å². The van der Waals surface area contributed by atoms with Gasteiger partial charge in [0.25, 0.3) is 0 Å². The second-order valence-corrected chi connectivity index (χ2v) is 10.4. The van der Waals surface area contributed by atoms with Crippen molar-refractivity contribution in [1.29, 1.82) is 0 Å². The smallest absolute Gasteiger partial charge is 0.348 e. The summed E-state index contributed by atoms with van der Waals surface area (Å²) in [4.78, 5) is 72.4. The highest BCUT2D eigenvalue weighted by Crippen LogP contribution is 2.41. The highest BCUT2D eigenvalue weighted by atomic mass is 16.7. The fourth-order valence-corrected chi connectivity index (χ4v) is 5.19. The van der Waals surface area contributed by atoms with Crippen molar-refractivity contribution in [2.45, 2.75) is 72.2 Å². The van der Waals surface area contributed by atoms with Crippen molar-refractivity contribution in [1.82, 2.24) is 0 Å². The van der Waals surface area contributed by atoms with Gasteiger partial charge in [0.2, 0.25) is 18.1 Å². The Morgan fingerprint density at radius 1 is 0.674 bits per heavy atom. The first kappa shape index (κ1) is 32.0. The molecule has 5 unspecified atom stereocenters. The van der Waals surface area contributed by atoms with E-state index in [4.69, 9.17) is 42.0 Å². The molecule has 1 fully saturated rings. The topological polar surface area (TPSA) is 193 Å². The molecule has 242 valence electrons. The van der Waals surface area contributed by atoms with Gasteiger partial charge in [0.15, 0.2) is 29.1 Å². The molecule has 0 saturated carbocycles. The van der Waals surface area contributed by atoms with Crippen molar-refractivity contribution in [2.24, 2.45) is 0 Å². The number of rotatable bonds is 7. The summed E-state index contributed by atoms with van der Waals surface area (Å²) in [7, 11) is 0. The van der Waals surface area contributed by atoms with Crippen LogP contribution in [0.5, 0.6) is 17.2 Å². The molecule has 0 radical (unpaired) electrons. The Hall–Kier alpha value is -5.44. The summed E-state index contributed by atoms with van der Waals surface area (Å²) in [6.45, 7) is 7.30. The molecular formula is C31H28O15. The number of carbonyl (C=O) groups is 5. The van der Waals surface area contributed by atoms with Crippen LogP contribution >= 0.6 is 0 Å². The number of carbonyl (C=O) groups excluding carboxylic acids is 5. The van der Waals surface area contributed by atoms with Crippen molar-refractivity contribution < 1.29 is 66.0 Å². The van der Waals surface area contributed by atoms with Gasteiger partial charge in [0.05, 0.1) is 11.5 Å². The zero-order valence-electron chi connectivity index (χ0n) is 25.4. The van der Waals surface area contributed by atoms with Crippen molar-refractivity contribution in [2.75, 3.05) is 0 Å². The zero-order chi connectivity index (χ0) is 33.4. The maximum Gasteiger partial charge on any atom is 0.348 e. The monoisotopic (exact) mass is 640 g/mol. The molecule has 15 heteroatoms. The third-order valence-electron chi connectivity index (χ3n) is 6.77. The van der Waals surface area contributed by atoms with Crippen molar-refractivity contribution in [3.63, 3.8) is 0 Å². The quantitative estimate of drug-likeness (QED) is 0.123. The number of benzene rings is 2. The van der Waals surface area contributed by atoms with Crippen LogP contribution in [0.1, 0.15) is 41.5 Å². The first-order chi connectivity index (χ1) is 21.7. The predicted octanol–water partition coefficient (Wildman–Crippen LogP) is 3.46. The van der Waals surface area contributed by atoms with Gasteiger partial charge in [-0.25, -0.2) is 4.79 Å². The van der Waals surface area contributed by atoms with Crippen LogP contribution in [-0.4, -0.2) is 60.6 Å². The van der Waals surface area contributed by atoms with Crippen molar-refractivity contribution in [3.8, 4) is 17.2 Å². The van der Waals surface area contributed by atoms with Gasteiger partial charge in [-0.3, -0.25) is 24.0 Å². The van der Waals surface area contributed by atoms with E-state index in [1.165, 1.54) is 37.3 Å². The van der Waals surface area contributed by atoms with Crippen LogP contribution in [0.2, 0.25) is 0 Å². The first-order valence-electron chi connectivity index (χ1n) is 13.9. The van der Waals surface area contributed by atoms with Gasteiger partial charge in [-0.05, 0) is 31.2 Å². The van der Waals surface area contributed by atoms with E-state index in [9.17, 15) is 28.8 Å². The molecule has 4 aromatic rings. The summed E-state index contributed by atoms with van der Waals surface area (Å²) in [5, 5.41) is 0.654. The molecule has 3 heterocycles. The van der Waals surface area contributed by atoms with Gasteiger partial charge in [-0.1, -0.05) is 0 Å². The minimum Gasteiger partial charge on any atom is -0.461 e. The summed E-state index contributed by atoms with van der Waals surface area (Å²) in [5.74, 6) is -3.87.